The molecule has 0 saturated carbocycles. The molecular weight excluding hydrogens is 429 g/mol. The predicted octanol–water partition coefficient (Wildman–Crippen LogP) is 3.92. The molecule has 0 unspecified atom stereocenters. The molecule has 1 saturated heterocycles. The molecule has 0 spiro atoms. The molecule has 5 rings (SSSR count). The van der Waals surface area contributed by atoms with Crippen molar-refractivity contribution in [2.45, 2.75) is 65.7 Å². The van der Waals surface area contributed by atoms with E-state index in [1.807, 2.05) is 13.0 Å². The van der Waals surface area contributed by atoms with Crippen LogP contribution in [0.1, 0.15) is 61.5 Å². The number of aromatic nitrogens is 3. The molecule has 2 atom stereocenters. The molecule has 2 aliphatic rings. The minimum absolute atomic E-state index is 0.0112. The van der Waals surface area contributed by atoms with Gasteiger partial charge in [-0.05, 0) is 52.3 Å². The average molecular weight is 458 g/mol. The molecule has 2 aliphatic heterocycles. The van der Waals surface area contributed by atoms with Crippen LogP contribution >= 0.6 is 11.3 Å². The Labute approximate surface area is 190 Å². The first-order valence-corrected chi connectivity index (χ1v) is 11.7. The van der Waals surface area contributed by atoms with Crippen LogP contribution in [0.4, 0.5) is 4.39 Å². The van der Waals surface area contributed by atoms with Crippen molar-refractivity contribution in [1.82, 2.24) is 24.8 Å². The Balaban J connectivity index is 0.000000165. The van der Waals surface area contributed by atoms with Crippen LogP contribution in [0.5, 0.6) is 0 Å². The second-order valence-electron chi connectivity index (χ2n) is 8.55. The zero-order valence-corrected chi connectivity index (χ0v) is 19.6. The average Bonchev–Trinajstić information content (AvgIpc) is 3.44. The number of carbonyl (C=O) groups excluding carboxylic acids is 1. The van der Waals surface area contributed by atoms with E-state index in [-0.39, 0.29) is 23.5 Å². The van der Waals surface area contributed by atoms with E-state index < -0.39 is 0 Å². The number of benzene rings is 1. The van der Waals surface area contributed by atoms with Crippen LogP contribution in [0.15, 0.2) is 23.1 Å². The standard InChI is InChI=1S/C15H19FN2S.C8H9N3O2/c1-9-5-4-6-18(9)10(2)12-7-14-15(8-13(12)16)19-11(3)17-14;1-5(12)11-3-6-2-9-8(13)10-7(6)4-11/h7-10H,4-6H2,1-3H3;2H,3-4H2,1H3,(H,9,10,13)/t9-,10-;/m0./s1. The number of likely N-dealkylation sites (tertiary alicyclic amines) is 1. The molecule has 7 nitrogen and oxygen atoms in total. The van der Waals surface area contributed by atoms with Gasteiger partial charge in [-0.15, -0.1) is 11.3 Å². The lowest BCUT2D eigenvalue weighted by Gasteiger charge is -2.29. The lowest BCUT2D eigenvalue weighted by molar-refractivity contribution is -0.129. The Morgan fingerprint density at radius 2 is 2.12 bits per heavy atom. The topological polar surface area (TPSA) is 82.2 Å². The number of H-pyrrole nitrogens is 1. The highest BCUT2D eigenvalue weighted by Crippen LogP contribution is 2.33. The minimum atomic E-state index is -0.357. The summed E-state index contributed by atoms with van der Waals surface area (Å²) in [6.45, 7) is 9.91. The zero-order chi connectivity index (χ0) is 23.0. The van der Waals surface area contributed by atoms with Crippen molar-refractivity contribution in [3.63, 3.8) is 0 Å². The highest BCUT2D eigenvalue weighted by molar-refractivity contribution is 7.18. The first kappa shape index (κ1) is 22.5. The zero-order valence-electron chi connectivity index (χ0n) is 18.8. The SMILES string of the molecule is CC(=O)N1Cc2cnc(=O)[nH]c2C1.Cc1nc2cc([C@H](C)N3CCC[C@@H]3C)c(F)cc2s1. The highest BCUT2D eigenvalue weighted by atomic mass is 32.1. The minimum Gasteiger partial charge on any atom is -0.333 e. The number of hydrogen-bond acceptors (Lipinski definition) is 6. The lowest BCUT2D eigenvalue weighted by Crippen LogP contribution is -2.30. The molecule has 3 aromatic rings. The first-order valence-electron chi connectivity index (χ1n) is 10.9. The summed E-state index contributed by atoms with van der Waals surface area (Å²) >= 11 is 1.55. The van der Waals surface area contributed by atoms with Gasteiger partial charge >= 0.3 is 5.69 Å². The molecule has 0 aliphatic carbocycles. The highest BCUT2D eigenvalue weighted by Gasteiger charge is 2.28. The van der Waals surface area contributed by atoms with E-state index in [0.717, 1.165) is 38.6 Å². The van der Waals surface area contributed by atoms with E-state index >= 15 is 0 Å². The second kappa shape index (κ2) is 9.07. The lowest BCUT2D eigenvalue weighted by atomic mass is 10.0. The number of hydrogen-bond donors (Lipinski definition) is 1. The molecule has 1 fully saturated rings. The number of rotatable bonds is 2. The molecule has 1 amide bonds. The summed E-state index contributed by atoms with van der Waals surface area (Å²) < 4.78 is 15.3. The summed E-state index contributed by atoms with van der Waals surface area (Å²) in [5.41, 5.74) is 3.08. The van der Waals surface area contributed by atoms with Crippen LogP contribution in [-0.2, 0) is 17.9 Å². The fourth-order valence-corrected chi connectivity index (χ4v) is 5.35. The number of halogens is 1. The Morgan fingerprint density at radius 1 is 1.34 bits per heavy atom. The number of thiazole rings is 1. The van der Waals surface area contributed by atoms with Crippen molar-refractivity contribution >= 4 is 27.5 Å². The van der Waals surface area contributed by atoms with Gasteiger partial charge in [0.2, 0.25) is 5.91 Å². The Morgan fingerprint density at radius 3 is 2.81 bits per heavy atom. The van der Waals surface area contributed by atoms with Gasteiger partial charge in [-0.25, -0.2) is 19.2 Å². The van der Waals surface area contributed by atoms with Gasteiger partial charge in [-0.3, -0.25) is 9.69 Å². The van der Waals surface area contributed by atoms with Crippen LogP contribution < -0.4 is 5.69 Å². The maximum Gasteiger partial charge on any atom is 0.345 e. The van der Waals surface area contributed by atoms with Gasteiger partial charge in [-0.2, -0.15) is 0 Å². The van der Waals surface area contributed by atoms with Crippen molar-refractivity contribution in [2.75, 3.05) is 6.54 Å². The van der Waals surface area contributed by atoms with E-state index in [4.69, 9.17) is 0 Å². The summed E-state index contributed by atoms with van der Waals surface area (Å²) in [6.07, 6.45) is 3.95. The molecule has 9 heteroatoms. The number of carbonyl (C=O) groups is 1. The molecule has 32 heavy (non-hydrogen) atoms. The van der Waals surface area contributed by atoms with Gasteiger partial charge in [0.1, 0.15) is 5.82 Å². The van der Waals surface area contributed by atoms with Gasteiger partial charge in [-0.1, -0.05) is 0 Å². The van der Waals surface area contributed by atoms with Crippen molar-refractivity contribution in [2.24, 2.45) is 0 Å². The molecule has 1 N–H and O–H groups in total. The molecule has 2 aromatic heterocycles. The van der Waals surface area contributed by atoms with Crippen molar-refractivity contribution in [3.8, 4) is 0 Å². The van der Waals surface area contributed by atoms with E-state index in [1.54, 1.807) is 22.3 Å². The van der Waals surface area contributed by atoms with Crippen LogP contribution in [-0.4, -0.2) is 43.2 Å². The second-order valence-corrected chi connectivity index (χ2v) is 9.78. The van der Waals surface area contributed by atoms with Crippen LogP contribution in [0.3, 0.4) is 0 Å². The molecule has 4 heterocycles. The number of nitrogens with zero attached hydrogens (tertiary/aromatic N) is 4. The molecule has 1 aromatic carbocycles. The summed E-state index contributed by atoms with van der Waals surface area (Å²) in [5, 5.41) is 0.994. The summed E-state index contributed by atoms with van der Waals surface area (Å²) in [6, 6.07) is 4.25. The van der Waals surface area contributed by atoms with E-state index in [2.05, 4.69) is 33.7 Å². The molecule has 0 radical (unpaired) electrons. The normalized spacial score (nSPS) is 19.0. The Hall–Kier alpha value is -2.65. The Kier molecular flexibility index (Phi) is 6.39. The smallest absolute Gasteiger partial charge is 0.333 e. The van der Waals surface area contributed by atoms with E-state index in [1.165, 1.54) is 26.0 Å². The summed E-state index contributed by atoms with van der Waals surface area (Å²) in [4.78, 5) is 36.6. The first-order chi connectivity index (χ1) is 15.2. The van der Waals surface area contributed by atoms with Crippen molar-refractivity contribution < 1.29 is 9.18 Å². The molecule has 170 valence electrons. The van der Waals surface area contributed by atoms with Crippen LogP contribution in [0.2, 0.25) is 0 Å². The fraction of sp³-hybridized carbons (Fsp3) is 0.478. The van der Waals surface area contributed by atoms with Gasteiger partial charge in [0.15, 0.2) is 0 Å². The Bertz CT molecular complexity index is 1210. The van der Waals surface area contributed by atoms with Gasteiger partial charge in [0, 0.05) is 48.6 Å². The third-order valence-corrected chi connectivity index (χ3v) is 7.24. The van der Waals surface area contributed by atoms with Crippen molar-refractivity contribution in [1.29, 1.82) is 0 Å². The molecular formula is C23H28FN5O2S. The number of fused-ring (bicyclic) bond motifs is 2. The third kappa shape index (κ3) is 4.59. The number of nitrogens with one attached hydrogen (secondary N) is 1. The van der Waals surface area contributed by atoms with Crippen LogP contribution in [0.25, 0.3) is 10.2 Å². The number of aromatic amines is 1. The largest absolute Gasteiger partial charge is 0.345 e. The van der Waals surface area contributed by atoms with Crippen molar-refractivity contribution in [3.05, 3.63) is 56.5 Å². The maximum atomic E-state index is 14.3. The monoisotopic (exact) mass is 457 g/mol. The number of amides is 1. The maximum absolute atomic E-state index is 14.3. The summed E-state index contributed by atoms with van der Waals surface area (Å²) in [5.74, 6) is -0.0835. The van der Waals surface area contributed by atoms with E-state index in [0.29, 0.717) is 19.1 Å². The van der Waals surface area contributed by atoms with E-state index in [9.17, 15) is 14.0 Å². The summed E-state index contributed by atoms with van der Waals surface area (Å²) in [7, 11) is 0. The van der Waals surface area contributed by atoms with Crippen LogP contribution in [0, 0.1) is 12.7 Å². The molecule has 0 bridgehead atoms. The van der Waals surface area contributed by atoms with Gasteiger partial charge in [0.05, 0.1) is 21.8 Å². The predicted molar refractivity (Wildman–Crippen MR) is 123 cm³/mol. The van der Waals surface area contributed by atoms with Gasteiger partial charge in [0.25, 0.3) is 0 Å². The quantitative estimate of drug-likeness (QED) is 0.631. The van der Waals surface area contributed by atoms with Gasteiger partial charge < -0.3 is 9.88 Å². The number of aryl methyl sites for hydroxylation is 1. The fourth-order valence-electron chi connectivity index (χ4n) is 4.52. The third-order valence-electron chi connectivity index (χ3n) is 6.30.